The van der Waals surface area contributed by atoms with Crippen molar-refractivity contribution < 1.29 is 9.47 Å². The Morgan fingerprint density at radius 1 is 1.30 bits per heavy atom. The van der Waals surface area contributed by atoms with E-state index in [0.717, 1.165) is 40.8 Å². The second kappa shape index (κ2) is 9.27. The molecule has 0 saturated carbocycles. The smallest absolute Gasteiger partial charge is 0.196 e. The van der Waals surface area contributed by atoms with Gasteiger partial charge < -0.3 is 20.1 Å². The molecule has 1 aliphatic heterocycles. The number of guanidine groups is 1. The van der Waals surface area contributed by atoms with Gasteiger partial charge in [-0.1, -0.05) is 0 Å². The lowest BCUT2D eigenvalue weighted by Gasteiger charge is -2.13. The predicted molar refractivity (Wildman–Crippen MR) is 119 cm³/mol. The van der Waals surface area contributed by atoms with E-state index in [1.54, 1.807) is 11.3 Å². The summed E-state index contributed by atoms with van der Waals surface area (Å²) >= 11 is 1.62. The Kier molecular flexibility index (Phi) is 6.78. The van der Waals surface area contributed by atoms with Gasteiger partial charge in [0, 0.05) is 42.5 Å². The molecular formula is C18H22IN5O2S. The Labute approximate surface area is 178 Å². The number of imidazole rings is 1. The first-order chi connectivity index (χ1) is 12.8. The van der Waals surface area contributed by atoms with Gasteiger partial charge in [-0.15, -0.1) is 35.3 Å². The number of hydrogen-bond donors (Lipinski definition) is 2. The zero-order chi connectivity index (χ0) is 17.8. The standard InChI is InChI=1S/C18H21N5O2S.HI/c1-2-19-17(20-11-14-12-23-6-9-26-18(23)22-14)21-13-4-5-15-16(10-13)25-8-3-7-24-15;/h4-6,9-10,12H,2-3,7-8,11H2,1H3,(H2,19,20,21);1H. The molecule has 2 aromatic heterocycles. The van der Waals surface area contributed by atoms with Crippen LogP contribution in [0, 0.1) is 0 Å². The Bertz CT molecular complexity index is 895. The molecule has 0 amide bonds. The van der Waals surface area contributed by atoms with Crippen molar-refractivity contribution in [1.82, 2.24) is 14.7 Å². The van der Waals surface area contributed by atoms with Crippen molar-refractivity contribution in [2.75, 3.05) is 25.1 Å². The van der Waals surface area contributed by atoms with Gasteiger partial charge in [-0.3, -0.25) is 4.40 Å². The van der Waals surface area contributed by atoms with Crippen molar-refractivity contribution in [2.24, 2.45) is 4.99 Å². The van der Waals surface area contributed by atoms with Gasteiger partial charge in [-0.05, 0) is 19.1 Å². The molecule has 7 nitrogen and oxygen atoms in total. The van der Waals surface area contributed by atoms with Gasteiger partial charge in [0.25, 0.3) is 0 Å². The highest BCUT2D eigenvalue weighted by atomic mass is 127. The van der Waals surface area contributed by atoms with E-state index in [1.807, 2.05) is 47.3 Å². The molecule has 27 heavy (non-hydrogen) atoms. The van der Waals surface area contributed by atoms with Gasteiger partial charge in [0.05, 0.1) is 25.5 Å². The molecule has 4 rings (SSSR count). The fraction of sp³-hybridized carbons (Fsp3) is 0.333. The second-order valence-electron chi connectivity index (χ2n) is 5.86. The number of aliphatic imine (C=N–C) groups is 1. The van der Waals surface area contributed by atoms with E-state index in [-0.39, 0.29) is 24.0 Å². The predicted octanol–water partition coefficient (Wildman–Crippen LogP) is 3.75. The van der Waals surface area contributed by atoms with Gasteiger partial charge in [-0.2, -0.15) is 0 Å². The molecule has 3 heterocycles. The first kappa shape index (κ1) is 19.7. The molecule has 0 atom stereocenters. The van der Waals surface area contributed by atoms with E-state index < -0.39 is 0 Å². The van der Waals surface area contributed by atoms with Gasteiger partial charge >= 0.3 is 0 Å². The number of ether oxygens (including phenoxy) is 2. The summed E-state index contributed by atoms with van der Waals surface area (Å²) in [6.45, 7) is 4.68. The van der Waals surface area contributed by atoms with Crippen molar-refractivity contribution >= 4 is 51.9 Å². The summed E-state index contributed by atoms with van der Waals surface area (Å²) in [5, 5.41) is 8.59. The Morgan fingerprint density at radius 2 is 2.15 bits per heavy atom. The number of fused-ring (bicyclic) bond motifs is 2. The van der Waals surface area contributed by atoms with Crippen molar-refractivity contribution in [3.63, 3.8) is 0 Å². The van der Waals surface area contributed by atoms with Crippen LogP contribution in [0.15, 0.2) is 41.0 Å². The molecule has 0 bridgehead atoms. The lowest BCUT2D eigenvalue weighted by atomic mass is 10.3. The molecule has 0 fully saturated rings. The summed E-state index contributed by atoms with van der Waals surface area (Å²) < 4.78 is 13.4. The van der Waals surface area contributed by atoms with E-state index in [1.165, 1.54) is 0 Å². The molecular weight excluding hydrogens is 477 g/mol. The molecule has 0 radical (unpaired) electrons. The number of hydrogen-bond acceptors (Lipinski definition) is 5. The van der Waals surface area contributed by atoms with Crippen LogP contribution in [0.2, 0.25) is 0 Å². The third-order valence-electron chi connectivity index (χ3n) is 3.90. The third-order valence-corrected chi connectivity index (χ3v) is 4.67. The highest BCUT2D eigenvalue weighted by Gasteiger charge is 2.11. The minimum absolute atomic E-state index is 0. The van der Waals surface area contributed by atoms with Crippen LogP contribution in [0.25, 0.3) is 4.96 Å². The van der Waals surface area contributed by atoms with Crippen LogP contribution < -0.4 is 20.1 Å². The molecule has 3 aromatic rings. The number of aromatic nitrogens is 2. The van der Waals surface area contributed by atoms with Crippen molar-refractivity contribution in [3.05, 3.63) is 41.7 Å². The summed E-state index contributed by atoms with van der Waals surface area (Å²) in [7, 11) is 0. The van der Waals surface area contributed by atoms with Gasteiger partial charge in [0.1, 0.15) is 0 Å². The van der Waals surface area contributed by atoms with Crippen LogP contribution >= 0.6 is 35.3 Å². The topological polar surface area (TPSA) is 72.2 Å². The maximum absolute atomic E-state index is 5.75. The second-order valence-corrected chi connectivity index (χ2v) is 6.73. The zero-order valence-corrected chi connectivity index (χ0v) is 18.1. The average Bonchev–Trinajstić information content (AvgIpc) is 3.14. The molecule has 0 unspecified atom stereocenters. The fourth-order valence-corrected chi connectivity index (χ4v) is 3.42. The Balaban J connectivity index is 0.00000210. The van der Waals surface area contributed by atoms with Crippen molar-refractivity contribution in [1.29, 1.82) is 0 Å². The average molecular weight is 499 g/mol. The number of anilines is 1. The van der Waals surface area contributed by atoms with E-state index in [9.17, 15) is 0 Å². The summed E-state index contributed by atoms with van der Waals surface area (Å²) in [5.41, 5.74) is 1.84. The zero-order valence-electron chi connectivity index (χ0n) is 15.0. The highest BCUT2D eigenvalue weighted by Crippen LogP contribution is 2.32. The van der Waals surface area contributed by atoms with E-state index in [2.05, 4.69) is 20.6 Å². The van der Waals surface area contributed by atoms with Crippen LogP contribution in [-0.4, -0.2) is 35.1 Å². The molecule has 1 aromatic carbocycles. The van der Waals surface area contributed by atoms with E-state index in [0.29, 0.717) is 25.7 Å². The number of halogens is 1. The Hall–Kier alpha value is -2.01. The molecule has 0 saturated heterocycles. The van der Waals surface area contributed by atoms with Crippen LogP contribution in [0.1, 0.15) is 19.0 Å². The normalized spacial score (nSPS) is 13.7. The Morgan fingerprint density at radius 3 is 2.96 bits per heavy atom. The minimum Gasteiger partial charge on any atom is -0.490 e. The minimum atomic E-state index is 0. The van der Waals surface area contributed by atoms with Gasteiger partial charge in [0.2, 0.25) is 0 Å². The lowest BCUT2D eigenvalue weighted by molar-refractivity contribution is 0.297. The number of nitrogens with zero attached hydrogens (tertiary/aromatic N) is 3. The number of benzene rings is 1. The molecule has 2 N–H and O–H groups in total. The lowest BCUT2D eigenvalue weighted by Crippen LogP contribution is -2.30. The van der Waals surface area contributed by atoms with Crippen molar-refractivity contribution in [2.45, 2.75) is 19.9 Å². The van der Waals surface area contributed by atoms with Crippen LogP contribution in [0.5, 0.6) is 11.5 Å². The van der Waals surface area contributed by atoms with Crippen LogP contribution in [0.3, 0.4) is 0 Å². The molecule has 0 spiro atoms. The largest absolute Gasteiger partial charge is 0.490 e. The van der Waals surface area contributed by atoms with E-state index >= 15 is 0 Å². The van der Waals surface area contributed by atoms with Gasteiger partial charge in [0.15, 0.2) is 22.4 Å². The molecule has 0 aliphatic carbocycles. The molecule has 144 valence electrons. The van der Waals surface area contributed by atoms with Crippen molar-refractivity contribution in [3.8, 4) is 11.5 Å². The summed E-state index contributed by atoms with van der Waals surface area (Å²) in [5.74, 6) is 2.25. The summed E-state index contributed by atoms with van der Waals surface area (Å²) in [6.07, 6.45) is 4.90. The molecule has 9 heteroatoms. The third kappa shape index (κ3) is 4.83. The SMILES string of the molecule is CCNC(=NCc1cn2ccsc2n1)Nc1ccc2c(c1)OCCCO2.I. The highest BCUT2D eigenvalue weighted by molar-refractivity contribution is 14.0. The summed E-state index contributed by atoms with van der Waals surface area (Å²) in [4.78, 5) is 10.2. The van der Waals surface area contributed by atoms with Gasteiger partial charge in [-0.25, -0.2) is 9.98 Å². The van der Waals surface area contributed by atoms with E-state index in [4.69, 9.17) is 9.47 Å². The first-order valence-corrected chi connectivity index (χ1v) is 9.56. The quantitative estimate of drug-likeness (QED) is 0.325. The number of thiazole rings is 1. The first-order valence-electron chi connectivity index (χ1n) is 8.68. The van der Waals surface area contributed by atoms with Crippen LogP contribution in [0.4, 0.5) is 5.69 Å². The number of nitrogens with one attached hydrogen (secondary N) is 2. The monoisotopic (exact) mass is 499 g/mol. The number of rotatable bonds is 4. The fourth-order valence-electron chi connectivity index (χ4n) is 2.70. The maximum atomic E-state index is 5.75. The van der Waals surface area contributed by atoms with Crippen LogP contribution in [-0.2, 0) is 6.54 Å². The summed E-state index contributed by atoms with van der Waals surface area (Å²) in [6, 6.07) is 5.84. The molecule has 1 aliphatic rings. The maximum Gasteiger partial charge on any atom is 0.196 e.